The van der Waals surface area contributed by atoms with Crippen LogP contribution in [0, 0.1) is 0 Å². The molecule has 14 nitrogen and oxygen atoms in total. The van der Waals surface area contributed by atoms with Crippen LogP contribution >= 0.6 is 21.0 Å². The predicted octanol–water partition coefficient (Wildman–Crippen LogP) is 6.07. The fraction of sp³-hybridized carbons (Fsp3) is 0.444. The molecule has 0 bridgehead atoms. The van der Waals surface area contributed by atoms with Gasteiger partial charge < -0.3 is 17.9 Å². The first kappa shape index (κ1) is 43.7. The molecule has 54 heavy (non-hydrogen) atoms. The molecule has 298 valence electrons. The Kier molecular flexibility index (Phi) is 14.1. The van der Waals surface area contributed by atoms with Gasteiger partial charge in [-0.3, -0.25) is 18.5 Å². The predicted molar refractivity (Wildman–Crippen MR) is 217 cm³/mol. The van der Waals surface area contributed by atoms with E-state index in [0.29, 0.717) is 50.1 Å². The molecule has 18 heteroatoms. The van der Waals surface area contributed by atoms with Gasteiger partial charge in [0.2, 0.25) is 0 Å². The molecule has 4 N–H and O–H groups in total. The molecular weight excluding hydrogens is 876 g/mol. The number of carboxylic acid groups (broad SMARTS) is 1. The van der Waals surface area contributed by atoms with Crippen molar-refractivity contribution in [1.82, 2.24) is 0 Å². The number of unbranched alkanes of at least 4 members (excludes halogenated alkanes) is 2. The first-order valence-electron chi connectivity index (χ1n) is 17.1. The van der Waals surface area contributed by atoms with Crippen molar-refractivity contribution >= 4 is 72.2 Å². The zero-order chi connectivity index (χ0) is 40.1. The van der Waals surface area contributed by atoms with E-state index in [-0.39, 0.29) is 29.1 Å². The molecule has 2 aromatic rings. The van der Waals surface area contributed by atoms with Crippen LogP contribution in [0.2, 0.25) is 0 Å². The van der Waals surface area contributed by atoms with Gasteiger partial charge >= 0.3 is 5.97 Å². The van der Waals surface area contributed by atoms with Crippen LogP contribution in [0.4, 0.5) is 11.4 Å². The minimum Gasteiger partial charge on any atom is -0.481 e. The molecule has 2 aliphatic heterocycles. The molecule has 0 aromatic heterocycles. The van der Waals surface area contributed by atoms with E-state index in [0.717, 1.165) is 20.6 Å². The summed E-state index contributed by atoms with van der Waals surface area (Å²) in [7, 11) is -11.7. The van der Waals surface area contributed by atoms with Gasteiger partial charge in [0.25, 0.3) is 30.4 Å². The zero-order valence-electron chi connectivity index (χ0n) is 30.5. The second kappa shape index (κ2) is 17.4. The Balaban J connectivity index is 1.73. The normalized spacial score (nSPS) is 19.6. The van der Waals surface area contributed by atoms with Gasteiger partial charge in [0.15, 0.2) is 0 Å². The number of aliphatic carboxylic acids is 1. The van der Waals surface area contributed by atoms with Crippen molar-refractivity contribution in [3.8, 4) is 0 Å². The lowest BCUT2D eigenvalue weighted by Gasteiger charge is -2.40. The van der Waals surface area contributed by atoms with Gasteiger partial charge in [0, 0.05) is 72.5 Å². The number of carbonyl (C=O) groups is 1. The van der Waals surface area contributed by atoms with Gasteiger partial charge in [0.05, 0.1) is 28.7 Å². The fourth-order valence-corrected chi connectivity index (χ4v) is 11.5. The molecule has 1 unspecified atom stereocenters. The Hall–Kier alpha value is -2.98. The molecule has 0 amide bonds. The number of methoxy groups -OCH3 is 1. The number of allylic oxidation sites excluding steroid dienone is 6. The average molecular weight is 923 g/mol. The third kappa shape index (κ3) is 10.7. The monoisotopic (exact) mass is 922 g/mol. The Bertz CT molecular complexity index is 2200. The molecule has 0 spiro atoms. The molecule has 0 fully saturated rings. The summed E-state index contributed by atoms with van der Waals surface area (Å²) in [6, 6.07) is 8.87. The SMILES string of the molecule is COCCN1I=C(/C=C/C=C/C=C2/N(CCCCCC(=O)O)c3ccc(S(=O)(=O)O)cc3C2(C)C)C(C)(CCCS(=O)(=O)O)c2cc(S(=O)(=O)O)ccc21. The van der Waals surface area contributed by atoms with Crippen LogP contribution < -0.4 is 8.01 Å². The lowest BCUT2D eigenvalue weighted by Crippen LogP contribution is -2.38. The van der Waals surface area contributed by atoms with Gasteiger partial charge in [-0.15, -0.1) is 0 Å². The van der Waals surface area contributed by atoms with Crippen molar-refractivity contribution in [1.29, 1.82) is 0 Å². The number of carboxylic acids is 1. The van der Waals surface area contributed by atoms with Gasteiger partial charge in [0.1, 0.15) is 0 Å². The van der Waals surface area contributed by atoms with Gasteiger partial charge in [-0.25, -0.2) is 0 Å². The highest BCUT2D eigenvalue weighted by Gasteiger charge is 2.41. The lowest BCUT2D eigenvalue weighted by atomic mass is 9.75. The van der Waals surface area contributed by atoms with E-state index in [9.17, 15) is 43.7 Å². The van der Waals surface area contributed by atoms with Crippen LogP contribution in [0.1, 0.15) is 70.4 Å². The second-order valence-corrected chi connectivity index (χ2v) is 21.0. The number of anilines is 2. The maximum Gasteiger partial charge on any atom is 0.303 e. The molecule has 0 radical (unpaired) electrons. The smallest absolute Gasteiger partial charge is 0.303 e. The van der Waals surface area contributed by atoms with Gasteiger partial charge in [-0.1, -0.05) is 51.5 Å². The van der Waals surface area contributed by atoms with Crippen molar-refractivity contribution < 1.29 is 53.5 Å². The summed E-state index contributed by atoms with van der Waals surface area (Å²) < 4.78 is 109. The molecule has 2 aliphatic rings. The summed E-state index contributed by atoms with van der Waals surface area (Å²) in [5.74, 6) is -1.34. The van der Waals surface area contributed by atoms with Crippen LogP contribution in [0.15, 0.2) is 82.3 Å². The highest BCUT2D eigenvalue weighted by Crippen LogP contribution is 2.49. The topological polar surface area (TPSA) is 216 Å². The van der Waals surface area contributed by atoms with Gasteiger partial charge in [-0.2, -0.15) is 25.3 Å². The summed E-state index contributed by atoms with van der Waals surface area (Å²) in [6.45, 7) is 7.24. The Morgan fingerprint density at radius 1 is 0.815 bits per heavy atom. The number of fused-ring (bicyclic) bond motifs is 2. The van der Waals surface area contributed by atoms with Crippen LogP contribution in [0.25, 0.3) is 0 Å². The summed E-state index contributed by atoms with van der Waals surface area (Å²) in [5, 5.41) is 9.04. The minimum absolute atomic E-state index is 0.0653. The summed E-state index contributed by atoms with van der Waals surface area (Å²) in [5.41, 5.74) is 2.17. The van der Waals surface area contributed by atoms with Crippen LogP contribution in [0.3, 0.4) is 0 Å². The third-order valence-corrected chi connectivity index (χ3v) is 15.7. The molecule has 0 saturated carbocycles. The molecule has 2 aromatic carbocycles. The molecule has 0 saturated heterocycles. The van der Waals surface area contributed by atoms with E-state index in [1.807, 2.05) is 51.2 Å². The molecule has 1 atom stereocenters. The summed E-state index contributed by atoms with van der Waals surface area (Å²) in [4.78, 5) is 12.6. The minimum atomic E-state index is -4.56. The first-order chi connectivity index (χ1) is 25.1. The molecule has 2 heterocycles. The quantitative estimate of drug-likeness (QED) is 0.0439. The Morgan fingerprint density at radius 2 is 1.44 bits per heavy atom. The van der Waals surface area contributed by atoms with E-state index in [2.05, 4.69) is 8.01 Å². The third-order valence-electron chi connectivity index (χ3n) is 9.57. The van der Waals surface area contributed by atoms with Crippen molar-refractivity contribution in [2.45, 2.75) is 79.9 Å². The highest BCUT2D eigenvalue weighted by atomic mass is 127. The van der Waals surface area contributed by atoms with E-state index >= 15 is 0 Å². The Morgan fingerprint density at radius 3 is 2.04 bits per heavy atom. The van der Waals surface area contributed by atoms with Gasteiger partial charge in [-0.05, 0) is 79.3 Å². The number of benzene rings is 2. The van der Waals surface area contributed by atoms with Crippen molar-refractivity contribution in [3.05, 3.63) is 83.6 Å². The van der Waals surface area contributed by atoms with Crippen molar-refractivity contribution in [3.63, 3.8) is 0 Å². The van der Waals surface area contributed by atoms with E-state index in [1.54, 1.807) is 19.2 Å². The van der Waals surface area contributed by atoms with Crippen molar-refractivity contribution in [2.24, 2.45) is 0 Å². The van der Waals surface area contributed by atoms with E-state index in [4.69, 9.17) is 9.84 Å². The summed E-state index contributed by atoms with van der Waals surface area (Å²) in [6.07, 6.45) is 11.6. The maximum atomic E-state index is 12.2. The highest BCUT2D eigenvalue weighted by molar-refractivity contribution is 14.2. The molecule has 4 rings (SSSR count). The van der Waals surface area contributed by atoms with E-state index < -0.39 is 73.9 Å². The molecule has 0 aliphatic carbocycles. The van der Waals surface area contributed by atoms with Crippen LogP contribution in [0.5, 0.6) is 0 Å². The van der Waals surface area contributed by atoms with E-state index in [1.165, 1.54) is 24.3 Å². The van der Waals surface area contributed by atoms with Crippen LogP contribution in [-0.4, -0.2) is 86.1 Å². The average Bonchev–Trinajstić information content (AvgIpc) is 3.27. The van der Waals surface area contributed by atoms with Crippen molar-refractivity contribution in [2.75, 3.05) is 40.6 Å². The standard InChI is InChI=1S/C36H47IN2O12S3/c1-35(2)28-24-26(53(45,46)47)15-17-30(28)38(20-10-6-9-14-34(40)41)33(35)13-8-5-7-12-32-36(3,19-11-23-52(42,43)44)29-25-27(54(48,49)50)16-18-31(29)39(37-32)21-22-51-4/h5,7-8,12-13,15-18,24-25H,6,9-11,14,19-23H2,1-4H3,(H,40,41)(H,42,43,44)(H,45,46,47)(H,48,49,50)/b8-5+,12-7+,33-13+. The first-order valence-corrected chi connectivity index (χ1v) is 23.7. The molecular formula is C36H47IN2O12S3. The fourth-order valence-electron chi connectivity index (χ4n) is 6.74. The number of nitrogens with zero attached hydrogens (tertiary/aromatic N) is 2. The number of hydrogen-bond acceptors (Lipinski definition) is 10. The Labute approximate surface area is 327 Å². The summed E-state index contributed by atoms with van der Waals surface area (Å²) >= 11 is -0.913. The zero-order valence-corrected chi connectivity index (χ0v) is 35.1. The number of ether oxygens (including phenoxy) is 1. The maximum absolute atomic E-state index is 12.2. The largest absolute Gasteiger partial charge is 0.481 e. The number of halogens is 1. The number of hydrogen-bond donors (Lipinski definition) is 4. The second-order valence-electron chi connectivity index (χ2n) is 13.8. The lowest BCUT2D eigenvalue weighted by molar-refractivity contribution is -0.137. The van der Waals surface area contributed by atoms with Crippen LogP contribution in [-0.2, 0) is 50.7 Å². The number of rotatable bonds is 18.